The molecule has 0 spiro atoms. The van der Waals surface area contributed by atoms with Crippen LogP contribution in [0.4, 0.5) is 0 Å². The Balaban J connectivity index is 2.13. The van der Waals surface area contributed by atoms with Gasteiger partial charge in [0.15, 0.2) is 0 Å². The largest absolute Gasteiger partial charge is 0.382 e. The molecule has 1 N–H and O–H groups in total. The molecule has 5 heteroatoms. The fourth-order valence-corrected chi connectivity index (χ4v) is 1.47. The van der Waals surface area contributed by atoms with Gasteiger partial charge >= 0.3 is 0 Å². The van der Waals surface area contributed by atoms with Crippen LogP contribution < -0.4 is 5.32 Å². The highest BCUT2D eigenvalue weighted by atomic mass is 16.5. The summed E-state index contributed by atoms with van der Waals surface area (Å²) in [4.78, 5) is 4.23. The Morgan fingerprint density at radius 3 is 3.06 bits per heavy atom. The molecule has 0 aliphatic rings. The number of hydrogen-bond donors (Lipinski definition) is 1. The topological polar surface area (TPSA) is 52.0 Å². The van der Waals surface area contributed by atoms with Gasteiger partial charge in [-0.1, -0.05) is 6.92 Å². The highest BCUT2D eigenvalue weighted by Crippen LogP contribution is 1.95. The zero-order valence-corrected chi connectivity index (χ0v) is 10.3. The maximum atomic E-state index is 5.26. The fourth-order valence-electron chi connectivity index (χ4n) is 1.47. The molecule has 0 aliphatic heterocycles. The van der Waals surface area contributed by atoms with Gasteiger partial charge in [0, 0.05) is 19.8 Å². The smallest absolute Gasteiger partial charge is 0.140 e. The van der Waals surface area contributed by atoms with Crippen molar-refractivity contribution < 1.29 is 4.74 Å². The summed E-state index contributed by atoms with van der Waals surface area (Å²) in [5.41, 5.74) is 0. The number of hydrogen-bond acceptors (Lipinski definition) is 4. The van der Waals surface area contributed by atoms with E-state index in [9.17, 15) is 0 Å². The molecule has 92 valence electrons. The second kappa shape index (κ2) is 8.24. The zero-order chi connectivity index (χ0) is 11.6. The second-order valence-corrected chi connectivity index (χ2v) is 3.63. The summed E-state index contributed by atoms with van der Waals surface area (Å²) in [5, 5.41) is 7.52. The first-order chi connectivity index (χ1) is 7.88. The Morgan fingerprint density at radius 1 is 1.44 bits per heavy atom. The quantitative estimate of drug-likeness (QED) is 0.643. The van der Waals surface area contributed by atoms with Crippen molar-refractivity contribution in [3.05, 3.63) is 12.2 Å². The molecule has 5 nitrogen and oxygen atoms in total. The molecule has 0 saturated carbocycles. The molecule has 0 fully saturated rings. The van der Waals surface area contributed by atoms with E-state index in [4.69, 9.17) is 4.74 Å². The Bertz CT molecular complexity index is 275. The van der Waals surface area contributed by atoms with Crippen LogP contribution in [0.1, 0.15) is 32.5 Å². The van der Waals surface area contributed by atoms with Crippen LogP contribution in [0.15, 0.2) is 6.33 Å². The molecule has 0 radical (unpaired) electrons. The molecule has 1 aromatic rings. The minimum Gasteiger partial charge on any atom is -0.382 e. The highest BCUT2D eigenvalue weighted by Gasteiger charge is 2.01. The standard InChI is InChI=1S/C11H22N4O/c1-3-7-15-11(13-10-14-15)9-12-6-5-8-16-4-2/h10,12H,3-9H2,1-2H3. The van der Waals surface area contributed by atoms with E-state index in [1.165, 1.54) is 0 Å². The third-order valence-electron chi connectivity index (χ3n) is 2.26. The lowest BCUT2D eigenvalue weighted by Gasteiger charge is -2.06. The lowest BCUT2D eigenvalue weighted by atomic mass is 10.4. The van der Waals surface area contributed by atoms with Gasteiger partial charge in [0.2, 0.25) is 0 Å². The molecule has 1 aromatic heterocycles. The summed E-state index contributed by atoms with van der Waals surface area (Å²) in [5.74, 6) is 1.01. The van der Waals surface area contributed by atoms with E-state index >= 15 is 0 Å². The lowest BCUT2D eigenvalue weighted by molar-refractivity contribution is 0.144. The molecular weight excluding hydrogens is 204 g/mol. The molecule has 0 bridgehead atoms. The Kier molecular flexibility index (Phi) is 6.76. The van der Waals surface area contributed by atoms with Crippen LogP contribution in [0, 0.1) is 0 Å². The predicted molar refractivity (Wildman–Crippen MR) is 63.1 cm³/mol. The summed E-state index contributed by atoms with van der Waals surface area (Å²) in [6, 6.07) is 0. The number of aryl methyl sites for hydroxylation is 1. The summed E-state index contributed by atoms with van der Waals surface area (Å²) < 4.78 is 7.21. The molecule has 1 rings (SSSR count). The van der Waals surface area contributed by atoms with E-state index in [2.05, 4.69) is 22.3 Å². The second-order valence-electron chi connectivity index (χ2n) is 3.63. The minimum atomic E-state index is 0.784. The first-order valence-electron chi connectivity index (χ1n) is 6.03. The fraction of sp³-hybridized carbons (Fsp3) is 0.818. The van der Waals surface area contributed by atoms with Crippen molar-refractivity contribution in [3.63, 3.8) is 0 Å². The van der Waals surface area contributed by atoms with Crippen LogP contribution in [-0.2, 0) is 17.8 Å². The van der Waals surface area contributed by atoms with Gasteiger partial charge in [-0.25, -0.2) is 9.67 Å². The molecule has 0 unspecified atom stereocenters. The van der Waals surface area contributed by atoms with Gasteiger partial charge in [0.1, 0.15) is 12.2 Å². The van der Waals surface area contributed by atoms with Gasteiger partial charge in [0.25, 0.3) is 0 Å². The summed E-state index contributed by atoms with van der Waals surface area (Å²) in [7, 11) is 0. The van der Waals surface area contributed by atoms with Crippen molar-refractivity contribution in [2.45, 2.75) is 39.8 Å². The molecule has 16 heavy (non-hydrogen) atoms. The Labute approximate surface area is 97.2 Å². The minimum absolute atomic E-state index is 0.784. The van der Waals surface area contributed by atoms with Crippen molar-refractivity contribution in [1.29, 1.82) is 0 Å². The van der Waals surface area contributed by atoms with Gasteiger partial charge in [0.05, 0.1) is 6.54 Å². The number of ether oxygens (including phenoxy) is 1. The number of nitrogens with one attached hydrogen (secondary N) is 1. The summed E-state index contributed by atoms with van der Waals surface area (Å²) >= 11 is 0. The normalized spacial score (nSPS) is 10.9. The van der Waals surface area contributed by atoms with Crippen molar-refractivity contribution in [2.24, 2.45) is 0 Å². The van der Waals surface area contributed by atoms with Crippen LogP contribution in [0.3, 0.4) is 0 Å². The number of nitrogens with zero attached hydrogens (tertiary/aromatic N) is 3. The maximum absolute atomic E-state index is 5.26. The third kappa shape index (κ3) is 4.72. The molecular formula is C11H22N4O. The van der Waals surface area contributed by atoms with E-state index < -0.39 is 0 Å². The molecule has 0 aliphatic carbocycles. The van der Waals surface area contributed by atoms with Crippen molar-refractivity contribution in [2.75, 3.05) is 19.8 Å². The monoisotopic (exact) mass is 226 g/mol. The van der Waals surface area contributed by atoms with Crippen molar-refractivity contribution in [3.8, 4) is 0 Å². The van der Waals surface area contributed by atoms with Crippen LogP contribution in [0.25, 0.3) is 0 Å². The van der Waals surface area contributed by atoms with E-state index in [-0.39, 0.29) is 0 Å². The van der Waals surface area contributed by atoms with Crippen LogP contribution in [-0.4, -0.2) is 34.5 Å². The zero-order valence-electron chi connectivity index (χ0n) is 10.3. The van der Waals surface area contributed by atoms with E-state index in [0.29, 0.717) is 0 Å². The number of rotatable bonds is 9. The molecule has 0 atom stereocenters. The SMILES string of the molecule is CCCn1ncnc1CNCCCOCC. The predicted octanol–water partition coefficient (Wildman–Crippen LogP) is 1.20. The van der Waals surface area contributed by atoms with E-state index in [0.717, 1.165) is 51.5 Å². The van der Waals surface area contributed by atoms with Gasteiger partial charge in [-0.05, 0) is 26.3 Å². The van der Waals surface area contributed by atoms with Crippen molar-refractivity contribution >= 4 is 0 Å². The van der Waals surface area contributed by atoms with Crippen LogP contribution >= 0.6 is 0 Å². The third-order valence-corrected chi connectivity index (χ3v) is 2.26. The molecule has 0 saturated heterocycles. The van der Waals surface area contributed by atoms with Gasteiger partial charge in [-0.3, -0.25) is 0 Å². The van der Waals surface area contributed by atoms with E-state index in [1.807, 2.05) is 11.6 Å². The average molecular weight is 226 g/mol. The lowest BCUT2D eigenvalue weighted by Crippen LogP contribution is -2.19. The summed E-state index contributed by atoms with van der Waals surface area (Å²) in [6.07, 6.45) is 3.74. The summed E-state index contributed by atoms with van der Waals surface area (Å²) in [6.45, 7) is 8.46. The first-order valence-corrected chi connectivity index (χ1v) is 6.03. The highest BCUT2D eigenvalue weighted by molar-refractivity contribution is 4.83. The van der Waals surface area contributed by atoms with Crippen LogP contribution in [0.5, 0.6) is 0 Å². The van der Waals surface area contributed by atoms with Gasteiger partial charge < -0.3 is 10.1 Å². The average Bonchev–Trinajstić information content (AvgIpc) is 2.72. The first kappa shape index (κ1) is 13.1. The van der Waals surface area contributed by atoms with E-state index in [1.54, 1.807) is 6.33 Å². The molecule has 1 heterocycles. The van der Waals surface area contributed by atoms with Crippen LogP contribution in [0.2, 0.25) is 0 Å². The Hall–Kier alpha value is -0.940. The molecule has 0 amide bonds. The van der Waals surface area contributed by atoms with Crippen molar-refractivity contribution in [1.82, 2.24) is 20.1 Å². The molecule has 0 aromatic carbocycles. The van der Waals surface area contributed by atoms with Gasteiger partial charge in [-0.15, -0.1) is 0 Å². The number of aromatic nitrogens is 3. The Morgan fingerprint density at radius 2 is 2.31 bits per heavy atom. The maximum Gasteiger partial charge on any atom is 0.140 e. The van der Waals surface area contributed by atoms with Gasteiger partial charge in [-0.2, -0.15) is 5.10 Å².